The summed E-state index contributed by atoms with van der Waals surface area (Å²) in [6.45, 7) is 0.991. The molecule has 0 fully saturated rings. The molecule has 0 spiro atoms. The van der Waals surface area contributed by atoms with Crippen molar-refractivity contribution in [1.29, 1.82) is 0 Å². The first-order chi connectivity index (χ1) is 22.1. The predicted octanol–water partition coefficient (Wildman–Crippen LogP) is 8.21. The van der Waals surface area contributed by atoms with Crippen molar-refractivity contribution in [2.24, 2.45) is 0 Å². The van der Waals surface area contributed by atoms with Crippen molar-refractivity contribution in [3.63, 3.8) is 0 Å². The second kappa shape index (κ2) is 13.7. The summed E-state index contributed by atoms with van der Waals surface area (Å²) in [4.78, 5) is 14.2. The maximum absolute atomic E-state index is 14.2. The van der Waals surface area contributed by atoms with Crippen LogP contribution < -0.4 is 29.1 Å². The summed E-state index contributed by atoms with van der Waals surface area (Å²) in [6.07, 6.45) is 1.42. The van der Waals surface area contributed by atoms with Crippen molar-refractivity contribution in [3.8, 4) is 39.9 Å². The average molecular weight is 601 g/mol. The van der Waals surface area contributed by atoms with Crippen LogP contribution in [0.15, 0.2) is 131 Å². The Kier molecular flexibility index (Phi) is 8.97. The van der Waals surface area contributed by atoms with E-state index >= 15 is 0 Å². The van der Waals surface area contributed by atoms with Crippen molar-refractivity contribution >= 4 is 11.0 Å². The summed E-state index contributed by atoms with van der Waals surface area (Å²) < 4.78 is 35.9. The molecule has 0 amide bonds. The first kappa shape index (κ1) is 29.4. The highest BCUT2D eigenvalue weighted by Gasteiger charge is 2.23. The van der Waals surface area contributed by atoms with E-state index in [0.29, 0.717) is 59.7 Å². The summed E-state index contributed by atoms with van der Waals surface area (Å²) in [5, 5.41) is 0.234. The van der Waals surface area contributed by atoms with Crippen molar-refractivity contribution in [2.45, 2.75) is 19.8 Å². The quantitative estimate of drug-likeness (QED) is 0.140. The lowest BCUT2D eigenvalue weighted by Crippen LogP contribution is -2.09. The van der Waals surface area contributed by atoms with Gasteiger partial charge in [0.2, 0.25) is 11.2 Å². The lowest BCUT2D eigenvalue weighted by Gasteiger charge is -2.17. The molecule has 7 heteroatoms. The van der Waals surface area contributed by atoms with Crippen LogP contribution in [0, 0.1) is 0 Å². The van der Waals surface area contributed by atoms with E-state index in [1.807, 2.05) is 97.1 Å². The standard InChI is InChI=1S/C38H32O7/c1-40-33-21-34(44-24-28-16-10-5-11-17-28)37(41-2)38-35(33)36(39)31(25-45-38)30-19-18-29(42-22-26-12-6-3-7-13-26)20-32(30)43-23-27-14-8-4-9-15-27/h3-21,25H,22-24H2,1-2H3. The van der Waals surface area contributed by atoms with Crippen LogP contribution in [-0.2, 0) is 19.8 Å². The molecule has 0 aliphatic carbocycles. The van der Waals surface area contributed by atoms with Crippen molar-refractivity contribution in [3.05, 3.63) is 148 Å². The van der Waals surface area contributed by atoms with Crippen LogP contribution in [0.2, 0.25) is 0 Å². The third kappa shape index (κ3) is 6.63. The molecule has 1 heterocycles. The van der Waals surface area contributed by atoms with E-state index in [4.69, 9.17) is 28.1 Å². The minimum absolute atomic E-state index is 0.225. The molecule has 0 aliphatic heterocycles. The van der Waals surface area contributed by atoms with E-state index in [1.165, 1.54) is 20.5 Å². The van der Waals surface area contributed by atoms with E-state index in [0.717, 1.165) is 16.7 Å². The first-order valence-corrected chi connectivity index (χ1v) is 14.5. The Morgan fingerprint density at radius 1 is 0.556 bits per heavy atom. The topological polar surface area (TPSA) is 76.4 Å². The van der Waals surface area contributed by atoms with Gasteiger partial charge < -0.3 is 28.1 Å². The normalized spacial score (nSPS) is 10.8. The highest BCUT2D eigenvalue weighted by molar-refractivity contribution is 5.93. The molecule has 226 valence electrons. The van der Waals surface area contributed by atoms with E-state index in [1.54, 1.807) is 18.2 Å². The third-order valence-corrected chi connectivity index (χ3v) is 7.32. The van der Waals surface area contributed by atoms with E-state index in [9.17, 15) is 4.79 Å². The zero-order valence-corrected chi connectivity index (χ0v) is 25.0. The summed E-state index contributed by atoms with van der Waals surface area (Å²) in [7, 11) is 3.01. The average Bonchev–Trinajstić information content (AvgIpc) is 3.10. The van der Waals surface area contributed by atoms with Gasteiger partial charge in [-0.15, -0.1) is 0 Å². The van der Waals surface area contributed by atoms with Crippen LogP contribution in [0.3, 0.4) is 0 Å². The van der Waals surface area contributed by atoms with Crippen LogP contribution in [-0.4, -0.2) is 14.2 Å². The molecule has 1 aromatic heterocycles. The SMILES string of the molecule is COc1c(OCc2ccccc2)cc(OC)c2c(=O)c(-c3ccc(OCc4ccccc4)cc3OCc3ccccc3)coc12. The number of rotatable bonds is 12. The maximum Gasteiger partial charge on any atom is 0.205 e. The molecular weight excluding hydrogens is 568 g/mol. The highest BCUT2D eigenvalue weighted by Crippen LogP contribution is 2.42. The Morgan fingerprint density at radius 3 is 1.67 bits per heavy atom. The van der Waals surface area contributed by atoms with Gasteiger partial charge in [-0.05, 0) is 28.8 Å². The number of ether oxygens (including phenoxy) is 5. The Labute approximate surface area is 261 Å². The Bertz CT molecular complexity index is 1940. The van der Waals surface area contributed by atoms with Gasteiger partial charge in [0.05, 0.1) is 19.8 Å². The minimum atomic E-state index is -0.302. The summed E-state index contributed by atoms with van der Waals surface area (Å²) >= 11 is 0. The van der Waals surface area contributed by atoms with Gasteiger partial charge in [0, 0.05) is 17.7 Å². The van der Waals surface area contributed by atoms with Crippen LogP contribution in [0.5, 0.6) is 28.7 Å². The molecule has 0 unspecified atom stereocenters. The molecule has 0 atom stereocenters. The Balaban J connectivity index is 1.39. The molecule has 0 N–H and O–H groups in total. The van der Waals surface area contributed by atoms with Crippen molar-refractivity contribution < 1.29 is 28.1 Å². The summed E-state index contributed by atoms with van der Waals surface area (Å²) in [6, 6.07) is 36.5. The van der Waals surface area contributed by atoms with Gasteiger partial charge in [0.25, 0.3) is 0 Å². The first-order valence-electron chi connectivity index (χ1n) is 14.5. The van der Waals surface area contributed by atoms with Gasteiger partial charge in [-0.1, -0.05) is 91.0 Å². The van der Waals surface area contributed by atoms with Gasteiger partial charge >= 0.3 is 0 Å². The van der Waals surface area contributed by atoms with Crippen LogP contribution in [0.1, 0.15) is 16.7 Å². The molecule has 0 aliphatic rings. The zero-order valence-electron chi connectivity index (χ0n) is 25.0. The smallest absolute Gasteiger partial charge is 0.205 e. The predicted molar refractivity (Wildman–Crippen MR) is 173 cm³/mol. The molecule has 5 aromatic carbocycles. The highest BCUT2D eigenvalue weighted by atomic mass is 16.5. The lowest BCUT2D eigenvalue weighted by molar-refractivity contribution is 0.282. The summed E-state index contributed by atoms with van der Waals surface area (Å²) in [5.41, 5.74) is 3.79. The zero-order chi connectivity index (χ0) is 31.0. The second-order valence-electron chi connectivity index (χ2n) is 10.3. The number of hydrogen-bond donors (Lipinski definition) is 0. The molecule has 0 bridgehead atoms. The van der Waals surface area contributed by atoms with Crippen molar-refractivity contribution in [1.82, 2.24) is 0 Å². The van der Waals surface area contributed by atoms with Crippen LogP contribution in [0.4, 0.5) is 0 Å². The van der Waals surface area contributed by atoms with E-state index in [2.05, 4.69) is 0 Å². The Morgan fingerprint density at radius 2 is 1.11 bits per heavy atom. The molecule has 0 saturated carbocycles. The van der Waals surface area contributed by atoms with Gasteiger partial charge in [0.15, 0.2) is 11.3 Å². The third-order valence-electron chi connectivity index (χ3n) is 7.32. The van der Waals surface area contributed by atoms with Gasteiger partial charge in [-0.3, -0.25) is 4.79 Å². The monoisotopic (exact) mass is 600 g/mol. The second-order valence-corrected chi connectivity index (χ2v) is 10.3. The van der Waals surface area contributed by atoms with E-state index < -0.39 is 0 Å². The van der Waals surface area contributed by atoms with Crippen molar-refractivity contribution in [2.75, 3.05) is 14.2 Å². The number of methoxy groups -OCH3 is 2. The van der Waals surface area contributed by atoms with E-state index in [-0.39, 0.29) is 16.4 Å². The van der Waals surface area contributed by atoms with Crippen LogP contribution in [0.25, 0.3) is 22.1 Å². The number of fused-ring (bicyclic) bond motifs is 1. The number of hydrogen-bond acceptors (Lipinski definition) is 7. The largest absolute Gasteiger partial charge is 0.496 e. The minimum Gasteiger partial charge on any atom is -0.496 e. The van der Waals surface area contributed by atoms with Crippen LogP contribution >= 0.6 is 0 Å². The van der Waals surface area contributed by atoms with Gasteiger partial charge in [-0.25, -0.2) is 0 Å². The molecule has 6 aromatic rings. The van der Waals surface area contributed by atoms with Gasteiger partial charge in [0.1, 0.15) is 48.7 Å². The molecular formula is C38H32O7. The molecule has 0 saturated heterocycles. The Hall–Kier alpha value is -5.69. The maximum atomic E-state index is 14.2. The molecule has 45 heavy (non-hydrogen) atoms. The summed E-state index contributed by atoms with van der Waals surface area (Å²) in [5.74, 6) is 2.09. The fraction of sp³-hybridized carbons (Fsp3) is 0.132. The van der Waals surface area contributed by atoms with Gasteiger partial charge in [-0.2, -0.15) is 0 Å². The fourth-order valence-corrected chi connectivity index (χ4v) is 5.02. The number of benzene rings is 5. The molecule has 0 radical (unpaired) electrons. The molecule has 6 rings (SSSR count). The fourth-order valence-electron chi connectivity index (χ4n) is 5.02. The lowest BCUT2D eigenvalue weighted by atomic mass is 10.0. The molecule has 7 nitrogen and oxygen atoms in total.